The molecule has 3 aromatic rings. The van der Waals surface area contributed by atoms with Crippen molar-refractivity contribution >= 4 is 62.3 Å². The number of benzene rings is 3. The molecule has 0 aliphatic rings. The number of nitrogens with zero attached hydrogens (tertiary/aromatic N) is 2. The Hall–Kier alpha value is -2.78. The quantitative estimate of drug-likeness (QED) is 0.235. The molecule has 11 heteroatoms. The molecule has 0 radical (unpaired) electrons. The van der Waals surface area contributed by atoms with Gasteiger partial charge in [-0.1, -0.05) is 77.3 Å². The predicted molar refractivity (Wildman–Crippen MR) is 172 cm³/mol. The van der Waals surface area contributed by atoms with E-state index in [-0.39, 0.29) is 44.2 Å². The Kier molecular flexibility index (Phi) is 11.7. The standard InChI is InChI=1S/C31H36Cl3N3O4S/c1-31(2,3)35-30(39)28(19-22-11-6-5-7-12-22)36(21-25-26(33)15-9-16-27(25)34)29(38)17-10-18-37(42(4,40)41)24-14-8-13-23(32)20-24/h5-9,11-16,20,28H,10,17-19,21H2,1-4H3,(H,35,39). The summed E-state index contributed by atoms with van der Waals surface area (Å²) in [6, 6.07) is 20.2. The Labute approximate surface area is 263 Å². The second kappa shape index (κ2) is 14.6. The summed E-state index contributed by atoms with van der Waals surface area (Å²) < 4.78 is 26.4. The molecule has 0 aliphatic carbocycles. The zero-order valence-electron chi connectivity index (χ0n) is 24.1. The first-order valence-corrected chi connectivity index (χ1v) is 16.5. The van der Waals surface area contributed by atoms with E-state index < -0.39 is 21.6 Å². The minimum atomic E-state index is -3.65. The number of sulfonamides is 1. The fraction of sp³-hybridized carbons (Fsp3) is 0.355. The van der Waals surface area contributed by atoms with E-state index in [0.29, 0.717) is 26.3 Å². The van der Waals surface area contributed by atoms with Gasteiger partial charge in [-0.3, -0.25) is 13.9 Å². The van der Waals surface area contributed by atoms with E-state index in [0.717, 1.165) is 11.8 Å². The van der Waals surface area contributed by atoms with Crippen LogP contribution in [0.25, 0.3) is 0 Å². The monoisotopic (exact) mass is 651 g/mol. The Bertz CT molecular complexity index is 1470. The Balaban J connectivity index is 1.95. The summed E-state index contributed by atoms with van der Waals surface area (Å²) in [5.41, 5.74) is 1.25. The van der Waals surface area contributed by atoms with Crippen LogP contribution in [0.1, 0.15) is 44.7 Å². The van der Waals surface area contributed by atoms with Gasteiger partial charge in [-0.15, -0.1) is 0 Å². The molecule has 0 bridgehead atoms. The molecule has 1 unspecified atom stereocenters. The molecule has 0 saturated heterocycles. The molecule has 0 heterocycles. The van der Waals surface area contributed by atoms with Gasteiger partial charge in [0.1, 0.15) is 6.04 Å². The van der Waals surface area contributed by atoms with Crippen molar-refractivity contribution in [3.63, 3.8) is 0 Å². The van der Waals surface area contributed by atoms with Crippen LogP contribution in [-0.4, -0.2) is 49.5 Å². The third-order valence-electron chi connectivity index (χ3n) is 6.41. The highest BCUT2D eigenvalue weighted by Gasteiger charge is 2.33. The van der Waals surface area contributed by atoms with Gasteiger partial charge in [0.2, 0.25) is 21.8 Å². The lowest BCUT2D eigenvalue weighted by Crippen LogP contribution is -2.54. The third-order valence-corrected chi connectivity index (χ3v) is 8.55. The van der Waals surface area contributed by atoms with E-state index in [1.165, 1.54) is 9.21 Å². The highest BCUT2D eigenvalue weighted by molar-refractivity contribution is 7.92. The van der Waals surface area contributed by atoms with Crippen molar-refractivity contribution in [3.05, 3.63) is 99.0 Å². The van der Waals surface area contributed by atoms with Crippen LogP contribution in [0.3, 0.4) is 0 Å². The van der Waals surface area contributed by atoms with Gasteiger partial charge in [-0.05, 0) is 63.1 Å². The van der Waals surface area contributed by atoms with Crippen LogP contribution in [-0.2, 0) is 32.6 Å². The normalized spacial score (nSPS) is 12.5. The van der Waals surface area contributed by atoms with E-state index in [2.05, 4.69) is 5.32 Å². The highest BCUT2D eigenvalue weighted by Crippen LogP contribution is 2.28. The number of nitrogens with one attached hydrogen (secondary N) is 1. The molecule has 0 spiro atoms. The first kappa shape index (κ1) is 33.7. The molecule has 3 aromatic carbocycles. The van der Waals surface area contributed by atoms with Gasteiger partial charge in [-0.25, -0.2) is 8.42 Å². The second-order valence-corrected chi connectivity index (χ2v) is 14.2. The number of carbonyl (C=O) groups is 2. The van der Waals surface area contributed by atoms with Crippen molar-refractivity contribution < 1.29 is 18.0 Å². The van der Waals surface area contributed by atoms with Gasteiger partial charge in [-0.2, -0.15) is 0 Å². The number of halogens is 3. The van der Waals surface area contributed by atoms with Gasteiger partial charge in [0.15, 0.2) is 0 Å². The van der Waals surface area contributed by atoms with E-state index in [1.807, 2.05) is 51.1 Å². The fourth-order valence-corrected chi connectivity index (χ4v) is 6.15. The molecular weight excluding hydrogens is 617 g/mol. The average molecular weight is 653 g/mol. The molecule has 1 N–H and O–H groups in total. The lowest BCUT2D eigenvalue weighted by atomic mass is 10.00. The molecule has 2 amide bonds. The fourth-order valence-electron chi connectivity index (χ4n) is 4.50. The molecule has 0 saturated carbocycles. The van der Waals surface area contributed by atoms with Crippen molar-refractivity contribution in [1.29, 1.82) is 0 Å². The van der Waals surface area contributed by atoms with Gasteiger partial charge in [0, 0.05) is 52.1 Å². The molecule has 0 fully saturated rings. The Morgan fingerprint density at radius 3 is 2.10 bits per heavy atom. The SMILES string of the molecule is CC(C)(C)NC(=O)C(Cc1ccccc1)N(Cc1c(Cl)cccc1Cl)C(=O)CCCN(c1cccc(Cl)c1)S(C)(=O)=O. The maximum absolute atomic E-state index is 14.0. The lowest BCUT2D eigenvalue weighted by Gasteiger charge is -2.34. The van der Waals surface area contributed by atoms with Crippen LogP contribution < -0.4 is 9.62 Å². The van der Waals surface area contributed by atoms with Crippen molar-refractivity contribution in [2.75, 3.05) is 17.1 Å². The van der Waals surface area contributed by atoms with E-state index in [9.17, 15) is 18.0 Å². The largest absolute Gasteiger partial charge is 0.350 e. The number of amides is 2. The molecule has 3 rings (SSSR count). The third kappa shape index (κ3) is 9.90. The summed E-state index contributed by atoms with van der Waals surface area (Å²) in [7, 11) is -3.65. The molecule has 0 aliphatic heterocycles. The van der Waals surface area contributed by atoms with Crippen LogP contribution >= 0.6 is 34.8 Å². The summed E-state index contributed by atoms with van der Waals surface area (Å²) >= 11 is 19.1. The lowest BCUT2D eigenvalue weighted by molar-refractivity contribution is -0.142. The van der Waals surface area contributed by atoms with Crippen molar-refractivity contribution in [2.45, 2.75) is 58.2 Å². The summed E-state index contributed by atoms with van der Waals surface area (Å²) in [4.78, 5) is 29.2. The van der Waals surface area contributed by atoms with E-state index >= 15 is 0 Å². The van der Waals surface area contributed by atoms with Crippen molar-refractivity contribution in [1.82, 2.24) is 10.2 Å². The number of anilines is 1. The molecule has 7 nitrogen and oxygen atoms in total. The molecule has 1 atom stereocenters. The number of carbonyl (C=O) groups excluding carboxylic acids is 2. The molecule has 226 valence electrons. The van der Waals surface area contributed by atoms with E-state index in [4.69, 9.17) is 34.8 Å². The number of hydrogen-bond acceptors (Lipinski definition) is 4. The Morgan fingerprint density at radius 1 is 0.905 bits per heavy atom. The van der Waals surface area contributed by atoms with Crippen LogP contribution in [0.5, 0.6) is 0 Å². The van der Waals surface area contributed by atoms with Crippen molar-refractivity contribution in [3.8, 4) is 0 Å². The van der Waals surface area contributed by atoms with Gasteiger partial charge in [0.05, 0.1) is 11.9 Å². The average Bonchev–Trinajstić information content (AvgIpc) is 2.88. The first-order valence-electron chi connectivity index (χ1n) is 13.5. The maximum Gasteiger partial charge on any atom is 0.243 e. The minimum Gasteiger partial charge on any atom is -0.350 e. The number of hydrogen-bond donors (Lipinski definition) is 1. The van der Waals surface area contributed by atoms with E-state index in [1.54, 1.807) is 42.5 Å². The molecular formula is C31H36Cl3N3O4S. The summed E-state index contributed by atoms with van der Waals surface area (Å²) in [6.45, 7) is 5.66. The Morgan fingerprint density at radius 2 is 1.52 bits per heavy atom. The summed E-state index contributed by atoms with van der Waals surface area (Å²) in [5.74, 6) is -0.657. The van der Waals surface area contributed by atoms with Crippen molar-refractivity contribution in [2.24, 2.45) is 0 Å². The van der Waals surface area contributed by atoms with Crippen LogP contribution in [0.15, 0.2) is 72.8 Å². The van der Waals surface area contributed by atoms with Gasteiger partial charge in [0.25, 0.3) is 0 Å². The first-order chi connectivity index (χ1) is 19.7. The van der Waals surface area contributed by atoms with Crippen LogP contribution in [0, 0.1) is 0 Å². The highest BCUT2D eigenvalue weighted by atomic mass is 35.5. The summed E-state index contributed by atoms with van der Waals surface area (Å²) in [6.07, 6.45) is 1.54. The summed E-state index contributed by atoms with van der Waals surface area (Å²) in [5, 5.41) is 4.16. The predicted octanol–water partition coefficient (Wildman–Crippen LogP) is 6.75. The zero-order valence-corrected chi connectivity index (χ0v) is 27.2. The zero-order chi connectivity index (χ0) is 31.1. The second-order valence-electron chi connectivity index (χ2n) is 11.1. The van der Waals surface area contributed by atoms with Crippen LogP contribution in [0.2, 0.25) is 15.1 Å². The van der Waals surface area contributed by atoms with Gasteiger partial charge >= 0.3 is 0 Å². The van der Waals surface area contributed by atoms with Crippen LogP contribution in [0.4, 0.5) is 5.69 Å². The topological polar surface area (TPSA) is 86.8 Å². The molecule has 42 heavy (non-hydrogen) atoms. The van der Waals surface area contributed by atoms with Gasteiger partial charge < -0.3 is 10.2 Å². The number of rotatable bonds is 12. The maximum atomic E-state index is 14.0. The minimum absolute atomic E-state index is 0.00349. The smallest absolute Gasteiger partial charge is 0.243 e. The molecule has 0 aromatic heterocycles.